The summed E-state index contributed by atoms with van der Waals surface area (Å²) in [5.74, 6) is 0. The van der Waals surface area contributed by atoms with E-state index < -0.39 is 0 Å². The lowest BCUT2D eigenvalue weighted by Gasteiger charge is -2.42. The fourth-order valence-corrected chi connectivity index (χ4v) is 4.46. The maximum absolute atomic E-state index is 3.69. The number of hydrogen-bond acceptors (Lipinski definition) is 4. The van der Waals surface area contributed by atoms with Gasteiger partial charge in [-0.25, -0.2) is 0 Å². The van der Waals surface area contributed by atoms with Crippen molar-refractivity contribution < 1.29 is 0 Å². The van der Waals surface area contributed by atoms with Gasteiger partial charge in [0, 0.05) is 6.42 Å². The zero-order chi connectivity index (χ0) is 21.8. The van der Waals surface area contributed by atoms with Crippen molar-refractivity contribution in [1.82, 2.24) is 0 Å². The van der Waals surface area contributed by atoms with Gasteiger partial charge in [0.2, 0.25) is 0 Å². The van der Waals surface area contributed by atoms with Crippen LogP contribution in [0.1, 0.15) is 13.3 Å². The predicted octanol–water partition coefficient (Wildman–Crippen LogP) is 6.57. The van der Waals surface area contributed by atoms with Crippen LogP contribution in [-0.2, 0) is 0 Å². The molecular formula is C28H28N4. The predicted molar refractivity (Wildman–Crippen MR) is 135 cm³/mol. The lowest BCUT2D eigenvalue weighted by atomic mass is 10.2. The summed E-state index contributed by atoms with van der Waals surface area (Å²) in [6, 6.07) is 42.6. The summed E-state index contributed by atoms with van der Waals surface area (Å²) >= 11 is 0. The van der Waals surface area contributed by atoms with E-state index in [4.69, 9.17) is 0 Å². The SMILES string of the molecule is C[C@@H]1C[C@H](N(Nc2ccccc2)c2ccccc2)N(c2ccccc2)N1c1ccccc1. The summed E-state index contributed by atoms with van der Waals surface area (Å²) < 4.78 is 0. The lowest BCUT2D eigenvalue weighted by Crippen LogP contribution is -2.53. The smallest absolute Gasteiger partial charge is 0.142 e. The molecule has 4 heteroatoms. The first-order valence-electron chi connectivity index (χ1n) is 11.2. The van der Waals surface area contributed by atoms with Crippen molar-refractivity contribution in [2.75, 3.05) is 20.5 Å². The highest BCUT2D eigenvalue weighted by molar-refractivity contribution is 5.65. The van der Waals surface area contributed by atoms with Crippen molar-refractivity contribution in [2.45, 2.75) is 25.6 Å². The highest BCUT2D eigenvalue weighted by atomic mass is 15.8. The molecule has 0 amide bonds. The quantitative estimate of drug-likeness (QED) is 0.356. The number of nitrogens with zero attached hydrogens (tertiary/aromatic N) is 3. The molecule has 0 radical (unpaired) electrons. The molecule has 32 heavy (non-hydrogen) atoms. The molecule has 4 nitrogen and oxygen atoms in total. The second-order valence-electron chi connectivity index (χ2n) is 8.11. The van der Waals surface area contributed by atoms with Crippen molar-refractivity contribution in [3.05, 3.63) is 121 Å². The monoisotopic (exact) mass is 420 g/mol. The van der Waals surface area contributed by atoms with Crippen molar-refractivity contribution >= 4 is 22.7 Å². The van der Waals surface area contributed by atoms with E-state index in [2.05, 4.69) is 143 Å². The van der Waals surface area contributed by atoms with E-state index in [1.807, 2.05) is 6.07 Å². The minimum atomic E-state index is 0.0789. The van der Waals surface area contributed by atoms with Crippen LogP contribution in [0.3, 0.4) is 0 Å². The van der Waals surface area contributed by atoms with Crippen LogP contribution in [0.4, 0.5) is 22.7 Å². The van der Waals surface area contributed by atoms with Crippen molar-refractivity contribution in [3.63, 3.8) is 0 Å². The van der Waals surface area contributed by atoms with Gasteiger partial charge in [-0.05, 0) is 55.5 Å². The normalized spacial score (nSPS) is 17.9. The lowest BCUT2D eigenvalue weighted by molar-refractivity contribution is 0.633. The van der Waals surface area contributed by atoms with Crippen molar-refractivity contribution in [2.24, 2.45) is 0 Å². The van der Waals surface area contributed by atoms with E-state index in [1.165, 1.54) is 11.4 Å². The molecule has 4 aromatic carbocycles. The molecule has 1 N–H and O–H groups in total. The van der Waals surface area contributed by atoms with Gasteiger partial charge >= 0.3 is 0 Å². The Kier molecular flexibility index (Phi) is 5.67. The third-order valence-corrected chi connectivity index (χ3v) is 5.88. The van der Waals surface area contributed by atoms with Gasteiger partial charge < -0.3 is 0 Å². The first-order chi connectivity index (χ1) is 15.8. The summed E-state index contributed by atoms with van der Waals surface area (Å²) in [5.41, 5.74) is 8.25. The van der Waals surface area contributed by atoms with Gasteiger partial charge in [0.1, 0.15) is 6.17 Å². The standard InChI is InChI=1S/C28H28N4/c1-23-22-28(30(25-16-8-3-9-17-25)29-24-14-6-2-7-15-24)32(27-20-12-5-13-21-27)31(23)26-18-10-4-11-19-26/h2-21,23,28-29H,22H2,1H3/t23-,28-/m1/s1. The first-order valence-corrected chi connectivity index (χ1v) is 11.2. The molecule has 1 fully saturated rings. The number of nitrogens with one attached hydrogen (secondary N) is 1. The maximum Gasteiger partial charge on any atom is 0.142 e. The zero-order valence-corrected chi connectivity index (χ0v) is 18.3. The largest absolute Gasteiger partial charge is 0.296 e. The highest BCUT2D eigenvalue weighted by Gasteiger charge is 2.41. The Morgan fingerprint density at radius 2 is 1.09 bits per heavy atom. The number of rotatable bonds is 6. The van der Waals surface area contributed by atoms with Crippen LogP contribution in [0.15, 0.2) is 121 Å². The van der Waals surface area contributed by atoms with Gasteiger partial charge in [0.25, 0.3) is 0 Å². The molecule has 1 aliphatic rings. The Hall–Kier alpha value is -3.92. The molecule has 0 bridgehead atoms. The van der Waals surface area contributed by atoms with Crippen molar-refractivity contribution in [3.8, 4) is 0 Å². The topological polar surface area (TPSA) is 21.8 Å². The molecule has 160 valence electrons. The van der Waals surface area contributed by atoms with Crippen molar-refractivity contribution in [1.29, 1.82) is 0 Å². The third kappa shape index (κ3) is 4.00. The molecular weight excluding hydrogens is 392 g/mol. The number of para-hydroxylation sites is 4. The fourth-order valence-electron chi connectivity index (χ4n) is 4.46. The minimum Gasteiger partial charge on any atom is -0.296 e. The molecule has 1 aliphatic heterocycles. The third-order valence-electron chi connectivity index (χ3n) is 5.88. The van der Waals surface area contributed by atoms with E-state index in [0.29, 0.717) is 6.04 Å². The summed E-state index contributed by atoms with van der Waals surface area (Å²) in [6.07, 6.45) is 1.05. The number of benzene rings is 4. The second-order valence-corrected chi connectivity index (χ2v) is 8.11. The maximum atomic E-state index is 3.69. The van der Waals surface area contributed by atoms with Gasteiger partial charge in [-0.15, -0.1) is 0 Å². The van der Waals surface area contributed by atoms with E-state index in [1.54, 1.807) is 0 Å². The summed E-state index contributed by atoms with van der Waals surface area (Å²) in [4.78, 5) is 0. The molecule has 2 atom stereocenters. The van der Waals surface area contributed by atoms with Crippen LogP contribution < -0.4 is 20.5 Å². The van der Waals surface area contributed by atoms with E-state index >= 15 is 0 Å². The Bertz CT molecular complexity index is 1100. The molecule has 1 saturated heterocycles. The minimum absolute atomic E-state index is 0.0789. The van der Waals surface area contributed by atoms with Crippen LogP contribution in [-0.4, -0.2) is 12.2 Å². The average Bonchev–Trinajstić information content (AvgIpc) is 3.21. The average molecular weight is 421 g/mol. The molecule has 4 aromatic rings. The Balaban J connectivity index is 1.60. The molecule has 0 aromatic heterocycles. The van der Waals surface area contributed by atoms with Gasteiger partial charge in [-0.3, -0.25) is 20.5 Å². The molecule has 0 unspecified atom stereocenters. The Morgan fingerprint density at radius 3 is 1.66 bits per heavy atom. The fraction of sp³-hybridized carbons (Fsp3) is 0.143. The number of hydrazine groups is 2. The molecule has 0 aliphatic carbocycles. The Labute approximate surface area is 190 Å². The van der Waals surface area contributed by atoms with Gasteiger partial charge in [0.05, 0.1) is 28.8 Å². The van der Waals surface area contributed by atoms with E-state index in [0.717, 1.165) is 17.8 Å². The van der Waals surface area contributed by atoms with Crippen LogP contribution in [0, 0.1) is 0 Å². The van der Waals surface area contributed by atoms with Crippen LogP contribution in [0.25, 0.3) is 0 Å². The van der Waals surface area contributed by atoms with Gasteiger partial charge in [0.15, 0.2) is 0 Å². The molecule has 1 heterocycles. The summed E-state index contributed by atoms with van der Waals surface area (Å²) in [5, 5.41) is 7.13. The van der Waals surface area contributed by atoms with Gasteiger partial charge in [-0.2, -0.15) is 0 Å². The van der Waals surface area contributed by atoms with E-state index in [-0.39, 0.29) is 6.17 Å². The second kappa shape index (κ2) is 9.06. The highest BCUT2D eigenvalue weighted by Crippen LogP contribution is 2.37. The first kappa shape index (κ1) is 20.0. The van der Waals surface area contributed by atoms with E-state index in [9.17, 15) is 0 Å². The number of hydrogen-bond donors (Lipinski definition) is 1. The number of anilines is 4. The summed E-state index contributed by atoms with van der Waals surface area (Å²) in [6.45, 7) is 2.30. The molecule has 0 saturated carbocycles. The molecule has 5 rings (SSSR count). The zero-order valence-electron chi connectivity index (χ0n) is 18.3. The van der Waals surface area contributed by atoms with Crippen LogP contribution in [0.5, 0.6) is 0 Å². The Morgan fingerprint density at radius 1 is 0.625 bits per heavy atom. The summed E-state index contributed by atoms with van der Waals surface area (Å²) in [7, 11) is 0. The van der Waals surface area contributed by atoms with Gasteiger partial charge in [-0.1, -0.05) is 72.8 Å². The van der Waals surface area contributed by atoms with Crippen LogP contribution in [0.2, 0.25) is 0 Å². The molecule has 0 spiro atoms. The van der Waals surface area contributed by atoms with Crippen LogP contribution >= 0.6 is 0 Å².